The molecule has 0 fully saturated rings. The molecular formula is C11H13ClO4. The molecule has 1 atom stereocenters. The van der Waals surface area contributed by atoms with Gasteiger partial charge in [0.1, 0.15) is 5.75 Å². The van der Waals surface area contributed by atoms with Gasteiger partial charge in [-0.2, -0.15) is 0 Å². The van der Waals surface area contributed by atoms with Crippen molar-refractivity contribution in [3.63, 3.8) is 0 Å². The summed E-state index contributed by atoms with van der Waals surface area (Å²) in [4.78, 5) is 10.8. The molecule has 0 aromatic heterocycles. The van der Waals surface area contributed by atoms with Gasteiger partial charge in [0, 0.05) is 12.1 Å². The normalized spacial score (nSPS) is 12.2. The van der Waals surface area contributed by atoms with E-state index in [1.165, 1.54) is 7.11 Å². The lowest BCUT2D eigenvalue weighted by Crippen LogP contribution is -2.31. The Hall–Kier alpha value is -1.26. The van der Waals surface area contributed by atoms with Gasteiger partial charge >= 0.3 is 5.97 Å². The first-order chi connectivity index (χ1) is 7.54. The quantitative estimate of drug-likeness (QED) is 0.862. The summed E-state index contributed by atoms with van der Waals surface area (Å²) in [5.41, 5.74) is 0.834. The van der Waals surface area contributed by atoms with Crippen molar-refractivity contribution >= 4 is 17.6 Å². The van der Waals surface area contributed by atoms with Gasteiger partial charge < -0.3 is 14.6 Å². The van der Waals surface area contributed by atoms with Crippen molar-refractivity contribution in [3.05, 3.63) is 28.8 Å². The van der Waals surface area contributed by atoms with Crippen molar-refractivity contribution in [1.82, 2.24) is 0 Å². The average molecular weight is 245 g/mol. The number of halogens is 1. The zero-order valence-corrected chi connectivity index (χ0v) is 9.82. The molecule has 1 N–H and O–H groups in total. The molecule has 0 saturated carbocycles. The topological polar surface area (TPSA) is 55.8 Å². The van der Waals surface area contributed by atoms with E-state index in [0.717, 1.165) is 5.56 Å². The average Bonchev–Trinajstić information content (AvgIpc) is 2.22. The van der Waals surface area contributed by atoms with E-state index in [9.17, 15) is 4.79 Å². The molecule has 0 radical (unpaired) electrons. The molecule has 0 amide bonds. The van der Waals surface area contributed by atoms with Crippen LogP contribution < -0.4 is 4.74 Å². The van der Waals surface area contributed by atoms with Gasteiger partial charge in [-0.05, 0) is 30.7 Å². The minimum atomic E-state index is -1.06. The minimum Gasteiger partial charge on any atom is -0.478 e. The molecule has 0 aliphatic heterocycles. The first-order valence-electron chi connectivity index (χ1n) is 4.69. The Morgan fingerprint density at radius 1 is 1.56 bits per heavy atom. The number of aryl methyl sites for hydroxylation is 1. The van der Waals surface area contributed by atoms with Crippen molar-refractivity contribution in [2.45, 2.75) is 13.0 Å². The summed E-state index contributed by atoms with van der Waals surface area (Å²) in [6.45, 7) is 1.82. The number of aliphatic carboxylic acids is 1. The molecule has 1 rings (SSSR count). The summed E-state index contributed by atoms with van der Waals surface area (Å²) < 4.78 is 10.0. The second-order valence-corrected chi connectivity index (χ2v) is 3.72. The number of methoxy groups -OCH3 is 1. The van der Waals surface area contributed by atoms with E-state index in [-0.39, 0.29) is 6.61 Å². The molecule has 0 bridgehead atoms. The predicted molar refractivity (Wildman–Crippen MR) is 60.1 cm³/mol. The van der Waals surface area contributed by atoms with Gasteiger partial charge in [0.05, 0.1) is 6.61 Å². The third kappa shape index (κ3) is 3.40. The standard InChI is InChI=1S/C11H13ClO4/c1-7-5-8(3-4-9(7)12)16-10(6-15-2)11(13)14/h3-5,10H,6H2,1-2H3,(H,13,14). The van der Waals surface area contributed by atoms with Gasteiger partial charge in [-0.3, -0.25) is 0 Å². The molecule has 1 aromatic rings. The van der Waals surface area contributed by atoms with Crippen LogP contribution in [0.15, 0.2) is 18.2 Å². The van der Waals surface area contributed by atoms with E-state index in [0.29, 0.717) is 10.8 Å². The molecule has 16 heavy (non-hydrogen) atoms. The number of hydrogen-bond acceptors (Lipinski definition) is 3. The molecule has 1 unspecified atom stereocenters. The number of rotatable bonds is 5. The van der Waals surface area contributed by atoms with Crippen molar-refractivity contribution < 1.29 is 19.4 Å². The number of benzene rings is 1. The van der Waals surface area contributed by atoms with Crippen LogP contribution in [0.2, 0.25) is 5.02 Å². The molecule has 4 nitrogen and oxygen atoms in total. The van der Waals surface area contributed by atoms with Gasteiger partial charge in [-0.25, -0.2) is 4.79 Å². The zero-order chi connectivity index (χ0) is 12.1. The number of carbonyl (C=O) groups is 1. The van der Waals surface area contributed by atoms with Crippen LogP contribution in [0.25, 0.3) is 0 Å². The Bertz CT molecular complexity index is 378. The first kappa shape index (κ1) is 12.8. The van der Waals surface area contributed by atoms with Crippen LogP contribution in [-0.4, -0.2) is 30.9 Å². The van der Waals surface area contributed by atoms with E-state index in [2.05, 4.69) is 0 Å². The van der Waals surface area contributed by atoms with Crippen molar-refractivity contribution in [1.29, 1.82) is 0 Å². The molecule has 88 valence electrons. The molecule has 5 heteroatoms. The Morgan fingerprint density at radius 2 is 2.25 bits per heavy atom. The molecular weight excluding hydrogens is 232 g/mol. The Labute approximate surface area is 98.7 Å². The van der Waals surface area contributed by atoms with E-state index in [1.54, 1.807) is 18.2 Å². The SMILES string of the molecule is COCC(Oc1ccc(Cl)c(C)c1)C(=O)O. The van der Waals surface area contributed by atoms with E-state index < -0.39 is 12.1 Å². The number of carboxylic acids is 1. The van der Waals surface area contributed by atoms with Gasteiger partial charge in [-0.15, -0.1) is 0 Å². The smallest absolute Gasteiger partial charge is 0.347 e. The van der Waals surface area contributed by atoms with Gasteiger partial charge in [-0.1, -0.05) is 11.6 Å². The molecule has 0 heterocycles. The number of carboxylic acid groups (broad SMARTS) is 1. The predicted octanol–water partition coefficient (Wildman–Crippen LogP) is 2.13. The van der Waals surface area contributed by atoms with Crippen molar-refractivity contribution in [2.75, 3.05) is 13.7 Å². The highest BCUT2D eigenvalue weighted by Crippen LogP contribution is 2.21. The lowest BCUT2D eigenvalue weighted by Gasteiger charge is -2.14. The van der Waals surface area contributed by atoms with Crippen molar-refractivity contribution in [2.24, 2.45) is 0 Å². The largest absolute Gasteiger partial charge is 0.478 e. The third-order valence-electron chi connectivity index (χ3n) is 2.00. The van der Waals surface area contributed by atoms with Gasteiger partial charge in [0.25, 0.3) is 0 Å². The summed E-state index contributed by atoms with van der Waals surface area (Å²) in [5, 5.41) is 9.48. The first-order valence-corrected chi connectivity index (χ1v) is 5.07. The fourth-order valence-corrected chi connectivity index (χ4v) is 1.28. The van der Waals surface area contributed by atoms with Crippen LogP contribution in [0.4, 0.5) is 0 Å². The fraction of sp³-hybridized carbons (Fsp3) is 0.364. The zero-order valence-electron chi connectivity index (χ0n) is 9.07. The monoisotopic (exact) mass is 244 g/mol. The maximum absolute atomic E-state index is 10.8. The maximum atomic E-state index is 10.8. The van der Waals surface area contributed by atoms with Crippen LogP contribution in [0, 0.1) is 6.92 Å². The fourth-order valence-electron chi connectivity index (χ4n) is 1.16. The Morgan fingerprint density at radius 3 is 2.75 bits per heavy atom. The van der Waals surface area contributed by atoms with E-state index in [4.69, 9.17) is 26.2 Å². The highest BCUT2D eigenvalue weighted by atomic mass is 35.5. The van der Waals surface area contributed by atoms with Crippen LogP contribution in [0.1, 0.15) is 5.56 Å². The number of ether oxygens (including phenoxy) is 2. The highest BCUT2D eigenvalue weighted by Gasteiger charge is 2.19. The summed E-state index contributed by atoms with van der Waals surface area (Å²) in [6, 6.07) is 4.98. The summed E-state index contributed by atoms with van der Waals surface area (Å²) in [7, 11) is 1.42. The van der Waals surface area contributed by atoms with Gasteiger partial charge in [0.15, 0.2) is 0 Å². The van der Waals surface area contributed by atoms with Crippen LogP contribution in [0.3, 0.4) is 0 Å². The Kier molecular flexibility index (Phi) is 4.58. The van der Waals surface area contributed by atoms with Crippen molar-refractivity contribution in [3.8, 4) is 5.75 Å². The second-order valence-electron chi connectivity index (χ2n) is 3.31. The molecule has 0 aliphatic rings. The Balaban J connectivity index is 2.77. The number of hydrogen-bond donors (Lipinski definition) is 1. The summed E-state index contributed by atoms with van der Waals surface area (Å²) >= 11 is 5.84. The lowest BCUT2D eigenvalue weighted by molar-refractivity contribution is -0.147. The molecule has 0 spiro atoms. The van der Waals surface area contributed by atoms with Crippen LogP contribution >= 0.6 is 11.6 Å². The van der Waals surface area contributed by atoms with Crippen LogP contribution in [-0.2, 0) is 9.53 Å². The summed E-state index contributed by atoms with van der Waals surface area (Å²) in [6.07, 6.45) is -1.01. The molecule has 1 aromatic carbocycles. The molecule has 0 aliphatic carbocycles. The lowest BCUT2D eigenvalue weighted by atomic mass is 10.2. The summed E-state index contributed by atoms with van der Waals surface area (Å²) in [5.74, 6) is -0.596. The minimum absolute atomic E-state index is 0.00297. The maximum Gasteiger partial charge on any atom is 0.347 e. The highest BCUT2D eigenvalue weighted by molar-refractivity contribution is 6.31. The molecule has 0 saturated heterocycles. The van der Waals surface area contributed by atoms with Crippen LogP contribution in [0.5, 0.6) is 5.75 Å². The van der Waals surface area contributed by atoms with E-state index >= 15 is 0 Å². The second kappa shape index (κ2) is 5.72. The van der Waals surface area contributed by atoms with Gasteiger partial charge in [0.2, 0.25) is 6.10 Å². The third-order valence-corrected chi connectivity index (χ3v) is 2.43. The van der Waals surface area contributed by atoms with E-state index in [1.807, 2.05) is 6.92 Å².